The van der Waals surface area contributed by atoms with Gasteiger partial charge in [-0.1, -0.05) is 44.2 Å². The van der Waals surface area contributed by atoms with Gasteiger partial charge in [-0.25, -0.2) is 0 Å². The minimum Gasteiger partial charge on any atom is -0.341 e. The van der Waals surface area contributed by atoms with Gasteiger partial charge in [-0.3, -0.25) is 4.79 Å². The normalized spacial score (nSPS) is 20.4. The van der Waals surface area contributed by atoms with Crippen molar-refractivity contribution in [2.75, 3.05) is 13.1 Å². The number of rotatable bonds is 6. The standard InChI is InChI=1S/C19H30N2OS.ClH/c1-14(2)18(23-13-16-8-5-4-6-9-16)19(22)21-11-7-10-17(12-21)15(3)20;/h4-6,8-9,14-15,17-18H,7,10-13,20H2,1-3H3;1H. The predicted octanol–water partition coefficient (Wildman–Crippen LogP) is 3.95. The van der Waals surface area contributed by atoms with Crippen LogP contribution in [0.25, 0.3) is 0 Å². The molecule has 1 saturated heterocycles. The molecule has 3 unspecified atom stereocenters. The highest BCUT2D eigenvalue weighted by atomic mass is 35.5. The monoisotopic (exact) mass is 370 g/mol. The zero-order chi connectivity index (χ0) is 16.8. The van der Waals surface area contributed by atoms with Gasteiger partial charge >= 0.3 is 0 Å². The molecular formula is C19H31ClN2OS. The molecule has 3 nitrogen and oxygen atoms in total. The van der Waals surface area contributed by atoms with Crippen LogP contribution >= 0.6 is 24.2 Å². The second kappa shape index (κ2) is 10.3. The number of nitrogens with zero attached hydrogens (tertiary/aromatic N) is 1. The lowest BCUT2D eigenvalue weighted by molar-refractivity contribution is -0.133. The molecule has 2 rings (SSSR count). The fourth-order valence-electron chi connectivity index (χ4n) is 3.13. The fourth-order valence-corrected chi connectivity index (χ4v) is 4.37. The number of likely N-dealkylation sites (tertiary alicyclic amines) is 1. The van der Waals surface area contributed by atoms with Crippen molar-refractivity contribution in [1.82, 2.24) is 4.90 Å². The van der Waals surface area contributed by atoms with Crippen molar-refractivity contribution in [3.05, 3.63) is 35.9 Å². The Morgan fingerprint density at radius 1 is 1.29 bits per heavy atom. The molecule has 1 aliphatic rings. The van der Waals surface area contributed by atoms with Gasteiger partial charge in [-0.2, -0.15) is 0 Å². The van der Waals surface area contributed by atoms with Gasteiger partial charge < -0.3 is 10.6 Å². The Labute approximate surface area is 157 Å². The predicted molar refractivity (Wildman–Crippen MR) is 107 cm³/mol. The lowest BCUT2D eigenvalue weighted by Crippen LogP contribution is -2.48. The van der Waals surface area contributed by atoms with Crippen LogP contribution in [-0.2, 0) is 10.5 Å². The molecule has 0 aliphatic carbocycles. The maximum absolute atomic E-state index is 13.0. The average molecular weight is 371 g/mol. The second-order valence-electron chi connectivity index (χ2n) is 7.01. The van der Waals surface area contributed by atoms with Gasteiger partial charge in [-0.15, -0.1) is 24.2 Å². The largest absolute Gasteiger partial charge is 0.341 e. The maximum atomic E-state index is 13.0. The molecule has 5 heteroatoms. The zero-order valence-electron chi connectivity index (χ0n) is 15.0. The topological polar surface area (TPSA) is 46.3 Å². The highest BCUT2D eigenvalue weighted by molar-refractivity contribution is 7.99. The van der Waals surface area contributed by atoms with E-state index in [1.807, 2.05) is 6.07 Å². The summed E-state index contributed by atoms with van der Waals surface area (Å²) in [5.41, 5.74) is 7.34. The van der Waals surface area contributed by atoms with Gasteiger partial charge in [0.15, 0.2) is 0 Å². The van der Waals surface area contributed by atoms with E-state index in [1.165, 1.54) is 5.56 Å². The Balaban J connectivity index is 0.00000288. The number of carbonyl (C=O) groups is 1. The van der Waals surface area contributed by atoms with E-state index in [2.05, 4.69) is 49.9 Å². The van der Waals surface area contributed by atoms with Crippen LogP contribution in [0.15, 0.2) is 30.3 Å². The zero-order valence-corrected chi connectivity index (χ0v) is 16.6. The first-order chi connectivity index (χ1) is 11.0. The number of thioether (sulfide) groups is 1. The summed E-state index contributed by atoms with van der Waals surface area (Å²) in [6.07, 6.45) is 2.22. The van der Waals surface area contributed by atoms with Crippen molar-refractivity contribution in [2.45, 2.75) is 50.7 Å². The number of carbonyl (C=O) groups excluding carboxylic acids is 1. The molecule has 1 fully saturated rings. The molecule has 1 heterocycles. The first-order valence-electron chi connectivity index (χ1n) is 8.69. The Morgan fingerprint density at radius 3 is 2.54 bits per heavy atom. The number of amides is 1. The SMILES string of the molecule is CC(C)C(SCc1ccccc1)C(=O)N1CCCC(C(C)N)C1.Cl. The smallest absolute Gasteiger partial charge is 0.235 e. The Morgan fingerprint density at radius 2 is 1.96 bits per heavy atom. The molecule has 0 saturated carbocycles. The lowest BCUT2D eigenvalue weighted by Gasteiger charge is -2.37. The number of benzene rings is 1. The number of halogens is 1. The van der Waals surface area contributed by atoms with E-state index < -0.39 is 0 Å². The number of piperidine rings is 1. The number of hydrogen-bond acceptors (Lipinski definition) is 3. The van der Waals surface area contributed by atoms with E-state index in [0.29, 0.717) is 17.7 Å². The van der Waals surface area contributed by atoms with E-state index in [0.717, 1.165) is 31.7 Å². The maximum Gasteiger partial charge on any atom is 0.235 e. The van der Waals surface area contributed by atoms with Crippen molar-refractivity contribution in [1.29, 1.82) is 0 Å². The third-order valence-corrected chi connectivity index (χ3v) is 6.24. The van der Waals surface area contributed by atoms with E-state index in [1.54, 1.807) is 11.8 Å². The summed E-state index contributed by atoms with van der Waals surface area (Å²) in [5, 5.41) is 0.0297. The molecule has 1 amide bonds. The van der Waals surface area contributed by atoms with Gasteiger partial charge in [-0.05, 0) is 37.2 Å². The molecule has 1 aromatic rings. The quantitative estimate of drug-likeness (QED) is 0.824. The van der Waals surface area contributed by atoms with Crippen LogP contribution < -0.4 is 5.73 Å². The Hall–Kier alpha value is -0.710. The average Bonchev–Trinajstić information content (AvgIpc) is 2.55. The summed E-state index contributed by atoms with van der Waals surface area (Å²) in [4.78, 5) is 15.0. The van der Waals surface area contributed by atoms with E-state index in [-0.39, 0.29) is 23.7 Å². The van der Waals surface area contributed by atoms with Crippen molar-refractivity contribution in [2.24, 2.45) is 17.6 Å². The molecule has 0 bridgehead atoms. The van der Waals surface area contributed by atoms with Crippen molar-refractivity contribution in [3.8, 4) is 0 Å². The van der Waals surface area contributed by atoms with Crippen LogP contribution in [0, 0.1) is 11.8 Å². The fraction of sp³-hybridized carbons (Fsp3) is 0.632. The molecule has 0 aromatic heterocycles. The highest BCUT2D eigenvalue weighted by Gasteiger charge is 2.31. The van der Waals surface area contributed by atoms with Crippen LogP contribution in [0.4, 0.5) is 0 Å². The van der Waals surface area contributed by atoms with Gasteiger partial charge in [0.25, 0.3) is 0 Å². The van der Waals surface area contributed by atoms with Gasteiger partial charge in [0.1, 0.15) is 0 Å². The molecule has 1 aliphatic heterocycles. The van der Waals surface area contributed by atoms with E-state index in [9.17, 15) is 4.79 Å². The third-order valence-electron chi connectivity index (χ3n) is 4.63. The summed E-state index contributed by atoms with van der Waals surface area (Å²) >= 11 is 1.77. The summed E-state index contributed by atoms with van der Waals surface area (Å²) in [7, 11) is 0. The lowest BCUT2D eigenvalue weighted by atomic mass is 9.91. The van der Waals surface area contributed by atoms with Crippen LogP contribution in [0.1, 0.15) is 39.2 Å². The Bertz CT molecular complexity index is 495. The highest BCUT2D eigenvalue weighted by Crippen LogP contribution is 2.28. The van der Waals surface area contributed by atoms with Crippen molar-refractivity contribution < 1.29 is 4.79 Å². The van der Waals surface area contributed by atoms with E-state index >= 15 is 0 Å². The summed E-state index contributed by atoms with van der Waals surface area (Å²) in [5.74, 6) is 1.97. The first kappa shape index (κ1) is 21.3. The van der Waals surface area contributed by atoms with Crippen LogP contribution in [-0.4, -0.2) is 35.2 Å². The third kappa shape index (κ3) is 5.98. The molecule has 0 spiro atoms. The van der Waals surface area contributed by atoms with E-state index in [4.69, 9.17) is 5.73 Å². The molecular weight excluding hydrogens is 340 g/mol. The molecule has 1 aromatic carbocycles. The number of hydrogen-bond donors (Lipinski definition) is 1. The minimum absolute atomic E-state index is 0. The van der Waals surface area contributed by atoms with Gasteiger partial charge in [0.05, 0.1) is 5.25 Å². The first-order valence-corrected chi connectivity index (χ1v) is 9.73. The minimum atomic E-state index is 0. The molecule has 2 N–H and O–H groups in total. The second-order valence-corrected chi connectivity index (χ2v) is 8.14. The molecule has 3 atom stereocenters. The molecule has 0 radical (unpaired) electrons. The summed E-state index contributed by atoms with van der Waals surface area (Å²) < 4.78 is 0. The van der Waals surface area contributed by atoms with Gasteiger partial charge in [0, 0.05) is 24.9 Å². The summed E-state index contributed by atoms with van der Waals surface area (Å²) in [6.45, 7) is 8.06. The van der Waals surface area contributed by atoms with Crippen LogP contribution in [0.3, 0.4) is 0 Å². The van der Waals surface area contributed by atoms with Gasteiger partial charge in [0.2, 0.25) is 5.91 Å². The van der Waals surface area contributed by atoms with Crippen LogP contribution in [0.2, 0.25) is 0 Å². The molecule has 136 valence electrons. The van der Waals surface area contributed by atoms with Crippen molar-refractivity contribution >= 4 is 30.1 Å². The summed E-state index contributed by atoms with van der Waals surface area (Å²) in [6, 6.07) is 10.6. The van der Waals surface area contributed by atoms with Crippen molar-refractivity contribution in [3.63, 3.8) is 0 Å². The van der Waals surface area contributed by atoms with Crippen LogP contribution in [0.5, 0.6) is 0 Å². The number of nitrogens with two attached hydrogens (primary N) is 1. The molecule has 24 heavy (non-hydrogen) atoms. The Kier molecular flexibility index (Phi) is 9.17.